The lowest BCUT2D eigenvalue weighted by Crippen LogP contribution is -2.27. The second-order valence-electron chi connectivity index (χ2n) is 4.55. The number of benzene rings is 1. The van der Waals surface area contributed by atoms with E-state index in [-0.39, 0.29) is 17.3 Å². The largest absolute Gasteiger partial charge is 0.352 e. The fourth-order valence-electron chi connectivity index (χ4n) is 1.89. The van der Waals surface area contributed by atoms with Crippen molar-refractivity contribution < 1.29 is 9.18 Å². The molecule has 0 aliphatic heterocycles. The van der Waals surface area contributed by atoms with Crippen LogP contribution in [0.15, 0.2) is 41.2 Å². The molecule has 1 amide bonds. The van der Waals surface area contributed by atoms with Crippen LogP contribution >= 0.6 is 0 Å². The van der Waals surface area contributed by atoms with Crippen molar-refractivity contribution in [2.75, 3.05) is 6.54 Å². The molecule has 2 rings (SSSR count). The fraction of sp³-hybridized carbons (Fsp3) is 0.200. The van der Waals surface area contributed by atoms with Crippen LogP contribution in [0.2, 0.25) is 0 Å². The van der Waals surface area contributed by atoms with Gasteiger partial charge in [0.15, 0.2) is 0 Å². The molecule has 0 fully saturated rings. The number of halogens is 1. The first-order chi connectivity index (χ1) is 9.54. The number of hydrogen-bond acceptors (Lipinski definition) is 2. The van der Waals surface area contributed by atoms with Crippen LogP contribution in [-0.4, -0.2) is 17.4 Å². The Morgan fingerprint density at radius 1 is 1.25 bits per heavy atom. The predicted octanol–water partition coefficient (Wildman–Crippen LogP) is 1.79. The molecule has 0 aliphatic carbocycles. The summed E-state index contributed by atoms with van der Waals surface area (Å²) in [5.74, 6) is -0.571. The molecule has 104 valence electrons. The van der Waals surface area contributed by atoms with Crippen molar-refractivity contribution in [3.8, 4) is 0 Å². The standard InChI is InChI=1S/C15H15FN2O2/c1-10-8-12(9-14(19)18-10)15(20)17-7-6-11-2-4-13(16)5-3-11/h2-5,8-9H,6-7H2,1H3,(H,17,20)(H,18,19). The number of carbonyl (C=O) groups is 1. The van der Waals surface area contributed by atoms with Crippen LogP contribution in [0.3, 0.4) is 0 Å². The van der Waals surface area contributed by atoms with Gasteiger partial charge in [-0.25, -0.2) is 4.39 Å². The van der Waals surface area contributed by atoms with Gasteiger partial charge in [-0.15, -0.1) is 0 Å². The topological polar surface area (TPSA) is 62.0 Å². The zero-order chi connectivity index (χ0) is 14.5. The van der Waals surface area contributed by atoms with Gasteiger partial charge in [-0.3, -0.25) is 9.59 Å². The van der Waals surface area contributed by atoms with Crippen LogP contribution in [0.4, 0.5) is 4.39 Å². The molecule has 0 unspecified atom stereocenters. The quantitative estimate of drug-likeness (QED) is 0.893. The molecule has 0 saturated carbocycles. The normalized spacial score (nSPS) is 10.3. The Hall–Kier alpha value is -2.43. The van der Waals surface area contributed by atoms with Gasteiger partial charge in [-0.1, -0.05) is 12.1 Å². The molecular weight excluding hydrogens is 259 g/mol. The van der Waals surface area contributed by atoms with E-state index in [4.69, 9.17) is 0 Å². The summed E-state index contributed by atoms with van der Waals surface area (Å²) in [4.78, 5) is 25.7. The van der Waals surface area contributed by atoms with E-state index in [1.165, 1.54) is 18.2 Å². The average molecular weight is 274 g/mol. The Labute approximate surface area is 115 Å². The van der Waals surface area contributed by atoms with Crippen LogP contribution in [0, 0.1) is 12.7 Å². The number of nitrogens with one attached hydrogen (secondary N) is 2. The van der Waals surface area contributed by atoms with Gasteiger partial charge in [0.05, 0.1) is 0 Å². The van der Waals surface area contributed by atoms with Crippen molar-refractivity contribution in [2.45, 2.75) is 13.3 Å². The molecule has 4 nitrogen and oxygen atoms in total. The molecular formula is C15H15FN2O2. The minimum atomic E-state index is -0.298. The summed E-state index contributed by atoms with van der Waals surface area (Å²) in [7, 11) is 0. The van der Waals surface area contributed by atoms with Crippen molar-refractivity contribution in [1.29, 1.82) is 0 Å². The molecule has 0 radical (unpaired) electrons. The van der Waals surface area contributed by atoms with Crippen LogP contribution < -0.4 is 10.9 Å². The second-order valence-corrected chi connectivity index (χ2v) is 4.55. The number of hydrogen-bond donors (Lipinski definition) is 2. The molecule has 20 heavy (non-hydrogen) atoms. The van der Waals surface area contributed by atoms with Crippen molar-refractivity contribution in [3.05, 3.63) is 69.4 Å². The third-order valence-electron chi connectivity index (χ3n) is 2.85. The van der Waals surface area contributed by atoms with Crippen molar-refractivity contribution in [2.24, 2.45) is 0 Å². The first kappa shape index (κ1) is 14.0. The number of aromatic nitrogens is 1. The Kier molecular flexibility index (Phi) is 4.30. The zero-order valence-electron chi connectivity index (χ0n) is 11.1. The molecule has 0 saturated heterocycles. The SMILES string of the molecule is Cc1cc(C(=O)NCCc2ccc(F)cc2)cc(=O)[nH]1. The molecule has 1 aromatic carbocycles. The van der Waals surface area contributed by atoms with Gasteiger partial charge in [0.25, 0.3) is 5.91 Å². The van der Waals surface area contributed by atoms with E-state index in [0.29, 0.717) is 24.2 Å². The lowest BCUT2D eigenvalue weighted by molar-refractivity contribution is 0.0954. The summed E-state index contributed by atoms with van der Waals surface area (Å²) < 4.78 is 12.7. The van der Waals surface area contributed by atoms with E-state index < -0.39 is 0 Å². The van der Waals surface area contributed by atoms with Gasteiger partial charge in [0.2, 0.25) is 5.56 Å². The Balaban J connectivity index is 1.92. The van der Waals surface area contributed by atoms with Crippen molar-refractivity contribution in [1.82, 2.24) is 10.3 Å². The third kappa shape index (κ3) is 3.78. The molecule has 0 atom stereocenters. The van der Waals surface area contributed by atoms with Crippen molar-refractivity contribution in [3.63, 3.8) is 0 Å². The molecule has 2 aromatic rings. The van der Waals surface area contributed by atoms with Crippen LogP contribution in [0.1, 0.15) is 21.6 Å². The van der Waals surface area contributed by atoms with Crippen LogP contribution in [-0.2, 0) is 6.42 Å². The highest BCUT2D eigenvalue weighted by Crippen LogP contribution is 2.03. The van der Waals surface area contributed by atoms with Crippen molar-refractivity contribution >= 4 is 5.91 Å². The van der Waals surface area contributed by atoms with Gasteiger partial charge < -0.3 is 10.3 Å². The number of aryl methyl sites for hydroxylation is 1. The highest BCUT2D eigenvalue weighted by Gasteiger charge is 2.06. The van der Waals surface area contributed by atoms with Gasteiger partial charge in [0.1, 0.15) is 5.82 Å². The number of rotatable bonds is 4. The molecule has 5 heteroatoms. The predicted molar refractivity (Wildman–Crippen MR) is 74.2 cm³/mol. The average Bonchev–Trinajstić information content (AvgIpc) is 2.40. The number of aromatic amines is 1. The van der Waals surface area contributed by atoms with E-state index in [9.17, 15) is 14.0 Å². The molecule has 0 bridgehead atoms. The third-order valence-corrected chi connectivity index (χ3v) is 2.85. The Bertz CT molecular complexity index is 662. The summed E-state index contributed by atoms with van der Waals surface area (Å²) >= 11 is 0. The fourth-order valence-corrected chi connectivity index (χ4v) is 1.89. The van der Waals surface area contributed by atoms with Crippen LogP contribution in [0.25, 0.3) is 0 Å². The smallest absolute Gasteiger partial charge is 0.251 e. The van der Waals surface area contributed by atoms with Gasteiger partial charge in [-0.05, 0) is 37.1 Å². The maximum Gasteiger partial charge on any atom is 0.251 e. The summed E-state index contributed by atoms with van der Waals surface area (Å²) in [6, 6.07) is 9.01. The summed E-state index contributed by atoms with van der Waals surface area (Å²) in [5, 5.41) is 2.73. The van der Waals surface area contributed by atoms with Crippen LogP contribution in [0.5, 0.6) is 0 Å². The number of carbonyl (C=O) groups excluding carboxylic acids is 1. The number of amides is 1. The van der Waals surface area contributed by atoms with E-state index in [1.54, 1.807) is 25.1 Å². The van der Waals surface area contributed by atoms with E-state index >= 15 is 0 Å². The highest BCUT2D eigenvalue weighted by molar-refractivity contribution is 5.94. The van der Waals surface area contributed by atoms with E-state index in [2.05, 4.69) is 10.3 Å². The lowest BCUT2D eigenvalue weighted by atomic mass is 10.1. The summed E-state index contributed by atoms with van der Waals surface area (Å²) in [5.41, 5.74) is 1.62. The second kappa shape index (κ2) is 6.14. The molecule has 0 spiro atoms. The molecule has 0 aliphatic rings. The minimum Gasteiger partial charge on any atom is -0.352 e. The van der Waals surface area contributed by atoms with Gasteiger partial charge in [-0.2, -0.15) is 0 Å². The summed E-state index contributed by atoms with van der Waals surface area (Å²) in [6.07, 6.45) is 0.605. The van der Waals surface area contributed by atoms with E-state index in [1.807, 2.05) is 0 Å². The highest BCUT2D eigenvalue weighted by atomic mass is 19.1. The zero-order valence-corrected chi connectivity index (χ0v) is 11.1. The first-order valence-corrected chi connectivity index (χ1v) is 6.28. The number of H-pyrrole nitrogens is 1. The molecule has 1 heterocycles. The Morgan fingerprint density at radius 2 is 1.95 bits per heavy atom. The first-order valence-electron chi connectivity index (χ1n) is 6.28. The maximum atomic E-state index is 12.7. The molecule has 2 N–H and O–H groups in total. The monoisotopic (exact) mass is 274 g/mol. The minimum absolute atomic E-state index is 0.281. The Morgan fingerprint density at radius 3 is 2.60 bits per heavy atom. The van der Waals surface area contributed by atoms with E-state index in [0.717, 1.165) is 5.56 Å². The number of pyridine rings is 1. The van der Waals surface area contributed by atoms with Gasteiger partial charge >= 0.3 is 0 Å². The van der Waals surface area contributed by atoms with Gasteiger partial charge in [0, 0.05) is 23.9 Å². The lowest BCUT2D eigenvalue weighted by Gasteiger charge is -2.06. The summed E-state index contributed by atoms with van der Waals surface area (Å²) in [6.45, 7) is 2.15. The molecule has 1 aromatic heterocycles. The maximum absolute atomic E-state index is 12.7.